The van der Waals surface area contributed by atoms with E-state index in [9.17, 15) is 4.79 Å². The van der Waals surface area contributed by atoms with Gasteiger partial charge in [-0.2, -0.15) is 11.3 Å². The number of carbonyl (C=O) groups excluding carboxylic acids is 1. The third kappa shape index (κ3) is 4.77. The molecule has 3 rings (SSSR count). The van der Waals surface area contributed by atoms with Gasteiger partial charge >= 0.3 is 0 Å². The monoisotopic (exact) mass is 361 g/mol. The molecule has 0 aromatic carbocycles. The minimum atomic E-state index is -0.0104. The first-order valence-electron chi connectivity index (χ1n) is 7.90. The molecular weight excluding hydrogens is 342 g/mol. The minimum absolute atomic E-state index is 0.0104. The Morgan fingerprint density at radius 3 is 3.00 bits per heavy atom. The van der Waals surface area contributed by atoms with Crippen LogP contribution < -0.4 is 0 Å². The van der Waals surface area contributed by atoms with Crippen molar-refractivity contribution in [2.45, 2.75) is 19.4 Å². The Labute approximate surface area is 149 Å². The Morgan fingerprint density at radius 2 is 2.28 bits per heavy atom. The summed E-state index contributed by atoms with van der Waals surface area (Å²) in [4.78, 5) is 14.2. The fraction of sp³-hybridized carbons (Fsp3) is 0.353. The van der Waals surface area contributed by atoms with Crippen LogP contribution >= 0.6 is 11.3 Å². The van der Waals surface area contributed by atoms with Crippen LogP contribution in [0, 0.1) is 0 Å². The van der Waals surface area contributed by atoms with Crippen LogP contribution in [0.15, 0.2) is 44.1 Å². The first-order chi connectivity index (χ1) is 12.3. The van der Waals surface area contributed by atoms with Crippen molar-refractivity contribution in [3.63, 3.8) is 0 Å². The molecule has 0 aliphatic rings. The molecule has 7 nitrogen and oxygen atoms in total. The number of aryl methyl sites for hydroxylation is 1. The normalized spacial score (nSPS) is 10.9. The maximum Gasteiger partial charge on any atom is 0.248 e. The van der Waals surface area contributed by atoms with Crippen LogP contribution in [0.5, 0.6) is 0 Å². The van der Waals surface area contributed by atoms with Gasteiger partial charge in [-0.3, -0.25) is 4.79 Å². The van der Waals surface area contributed by atoms with E-state index in [-0.39, 0.29) is 12.3 Å². The summed E-state index contributed by atoms with van der Waals surface area (Å²) in [7, 11) is 1.61. The van der Waals surface area contributed by atoms with Gasteiger partial charge < -0.3 is 18.5 Å². The van der Waals surface area contributed by atoms with Crippen molar-refractivity contribution in [1.82, 2.24) is 15.1 Å². The lowest BCUT2D eigenvalue weighted by Crippen LogP contribution is -2.33. The molecule has 0 aliphatic heterocycles. The number of thiophene rings is 1. The van der Waals surface area contributed by atoms with Crippen molar-refractivity contribution in [3.8, 4) is 11.5 Å². The Kier molecular flexibility index (Phi) is 5.97. The SMILES string of the molecule is COCCN(Cc1ccco1)C(=O)CCc1nnc(-c2ccsc2)o1. The minimum Gasteiger partial charge on any atom is -0.467 e. The van der Waals surface area contributed by atoms with Gasteiger partial charge in [-0.1, -0.05) is 0 Å². The zero-order valence-electron chi connectivity index (χ0n) is 13.9. The van der Waals surface area contributed by atoms with E-state index in [4.69, 9.17) is 13.6 Å². The standard InChI is InChI=1S/C17H19N3O4S/c1-22-9-7-20(11-14-3-2-8-23-14)16(21)5-4-15-18-19-17(24-15)13-6-10-25-12-13/h2-3,6,8,10,12H,4-5,7,9,11H2,1H3. The van der Waals surface area contributed by atoms with Gasteiger partial charge in [-0.05, 0) is 23.6 Å². The molecule has 3 aromatic heterocycles. The Morgan fingerprint density at radius 1 is 1.36 bits per heavy atom. The lowest BCUT2D eigenvalue weighted by Gasteiger charge is -2.21. The third-order valence-corrected chi connectivity index (χ3v) is 4.32. The Balaban J connectivity index is 1.57. The summed E-state index contributed by atoms with van der Waals surface area (Å²) in [6.45, 7) is 1.38. The molecule has 0 spiro atoms. The lowest BCUT2D eigenvalue weighted by atomic mass is 10.2. The number of furan rings is 1. The summed E-state index contributed by atoms with van der Waals surface area (Å²) in [5, 5.41) is 11.9. The Hall–Kier alpha value is -2.45. The maximum absolute atomic E-state index is 12.5. The summed E-state index contributed by atoms with van der Waals surface area (Å²) in [5.74, 6) is 1.67. The first-order valence-corrected chi connectivity index (χ1v) is 8.84. The third-order valence-electron chi connectivity index (χ3n) is 3.63. The number of amides is 1. The zero-order chi connectivity index (χ0) is 17.5. The molecule has 132 valence electrons. The number of ether oxygens (including phenoxy) is 1. The van der Waals surface area contributed by atoms with E-state index in [1.54, 1.807) is 35.7 Å². The van der Waals surface area contributed by atoms with Gasteiger partial charge in [0.2, 0.25) is 17.7 Å². The highest BCUT2D eigenvalue weighted by Crippen LogP contribution is 2.21. The zero-order valence-corrected chi connectivity index (χ0v) is 14.7. The summed E-state index contributed by atoms with van der Waals surface area (Å²) in [6, 6.07) is 5.57. The van der Waals surface area contributed by atoms with Crippen molar-refractivity contribution in [1.29, 1.82) is 0 Å². The van der Waals surface area contributed by atoms with Gasteiger partial charge in [0.1, 0.15) is 5.76 Å². The van der Waals surface area contributed by atoms with E-state index in [2.05, 4.69) is 10.2 Å². The van der Waals surface area contributed by atoms with Crippen LogP contribution in [-0.4, -0.2) is 41.3 Å². The van der Waals surface area contributed by atoms with Gasteiger partial charge in [-0.15, -0.1) is 10.2 Å². The average Bonchev–Trinajstić information content (AvgIpc) is 3.38. The van der Waals surface area contributed by atoms with Crippen LogP contribution in [0.3, 0.4) is 0 Å². The van der Waals surface area contributed by atoms with Gasteiger partial charge in [0.15, 0.2) is 0 Å². The summed E-state index contributed by atoms with van der Waals surface area (Å²) < 4.78 is 16.0. The van der Waals surface area contributed by atoms with E-state index in [1.807, 2.05) is 22.9 Å². The number of methoxy groups -OCH3 is 1. The molecule has 3 aromatic rings. The number of nitrogens with zero attached hydrogens (tertiary/aromatic N) is 3. The molecule has 0 fully saturated rings. The number of hydrogen-bond donors (Lipinski definition) is 0. The second-order valence-electron chi connectivity index (χ2n) is 5.40. The van der Waals surface area contributed by atoms with Crippen LogP contribution in [0.4, 0.5) is 0 Å². The van der Waals surface area contributed by atoms with Crippen LogP contribution in [0.25, 0.3) is 11.5 Å². The molecule has 0 bridgehead atoms. The molecule has 25 heavy (non-hydrogen) atoms. The number of hydrogen-bond acceptors (Lipinski definition) is 7. The highest BCUT2D eigenvalue weighted by Gasteiger charge is 2.17. The van der Waals surface area contributed by atoms with E-state index in [0.29, 0.717) is 37.9 Å². The first kappa shape index (κ1) is 17.4. The molecular formula is C17H19N3O4S. The van der Waals surface area contributed by atoms with Gasteiger partial charge in [0.25, 0.3) is 0 Å². The summed E-state index contributed by atoms with van der Waals surface area (Å²) in [6.07, 6.45) is 2.28. The van der Waals surface area contributed by atoms with E-state index >= 15 is 0 Å². The fourth-order valence-corrected chi connectivity index (χ4v) is 2.94. The molecule has 0 radical (unpaired) electrons. The molecule has 8 heteroatoms. The van der Waals surface area contributed by atoms with Crippen LogP contribution in [0.2, 0.25) is 0 Å². The molecule has 0 saturated carbocycles. The predicted octanol–water partition coefficient (Wildman–Crippen LogP) is 3.00. The van der Waals surface area contributed by atoms with Crippen LogP contribution in [-0.2, 0) is 22.5 Å². The quantitative estimate of drug-likeness (QED) is 0.583. The summed E-state index contributed by atoms with van der Waals surface area (Å²) in [5.41, 5.74) is 0.898. The second kappa shape index (κ2) is 8.59. The number of carbonyl (C=O) groups is 1. The van der Waals surface area contributed by atoms with E-state index in [0.717, 1.165) is 11.3 Å². The van der Waals surface area contributed by atoms with Crippen molar-refractivity contribution in [2.75, 3.05) is 20.3 Å². The van der Waals surface area contributed by atoms with E-state index < -0.39 is 0 Å². The van der Waals surface area contributed by atoms with Crippen molar-refractivity contribution >= 4 is 17.2 Å². The second-order valence-corrected chi connectivity index (χ2v) is 6.18. The van der Waals surface area contributed by atoms with Gasteiger partial charge in [0.05, 0.1) is 19.4 Å². The fourth-order valence-electron chi connectivity index (χ4n) is 2.31. The molecule has 0 aliphatic carbocycles. The molecule has 3 heterocycles. The number of rotatable bonds is 9. The average molecular weight is 361 g/mol. The topological polar surface area (TPSA) is 81.6 Å². The van der Waals surface area contributed by atoms with Gasteiger partial charge in [-0.25, -0.2) is 0 Å². The smallest absolute Gasteiger partial charge is 0.248 e. The highest BCUT2D eigenvalue weighted by molar-refractivity contribution is 7.08. The largest absolute Gasteiger partial charge is 0.467 e. The maximum atomic E-state index is 12.5. The van der Waals surface area contributed by atoms with Crippen LogP contribution in [0.1, 0.15) is 18.1 Å². The predicted molar refractivity (Wildman–Crippen MR) is 91.9 cm³/mol. The van der Waals surface area contributed by atoms with E-state index in [1.165, 1.54) is 0 Å². The molecule has 0 unspecified atom stereocenters. The molecule has 0 N–H and O–H groups in total. The van der Waals surface area contributed by atoms with Crippen molar-refractivity contribution in [3.05, 3.63) is 46.9 Å². The molecule has 0 atom stereocenters. The van der Waals surface area contributed by atoms with Crippen molar-refractivity contribution < 1.29 is 18.4 Å². The van der Waals surface area contributed by atoms with Gasteiger partial charge in [0, 0.05) is 37.4 Å². The molecule has 0 saturated heterocycles. The number of aromatic nitrogens is 2. The highest BCUT2D eigenvalue weighted by atomic mass is 32.1. The Bertz CT molecular complexity index is 768. The molecule has 1 amide bonds. The van der Waals surface area contributed by atoms with Crippen molar-refractivity contribution in [2.24, 2.45) is 0 Å². The lowest BCUT2D eigenvalue weighted by molar-refractivity contribution is -0.132. The summed E-state index contributed by atoms with van der Waals surface area (Å²) >= 11 is 1.57.